The van der Waals surface area contributed by atoms with E-state index in [1.54, 1.807) is 17.0 Å². The summed E-state index contributed by atoms with van der Waals surface area (Å²) < 4.78 is 0. The number of hydrogen-bond acceptors (Lipinski definition) is 2. The van der Waals surface area contributed by atoms with Gasteiger partial charge in [-0.2, -0.15) is 0 Å². The van der Waals surface area contributed by atoms with Crippen LogP contribution in [0.5, 0.6) is 0 Å². The fourth-order valence-corrected chi connectivity index (χ4v) is 2.47. The van der Waals surface area contributed by atoms with Crippen LogP contribution in [0.2, 0.25) is 5.02 Å². The number of rotatable bonds is 1. The topological polar surface area (TPSA) is 40.5 Å². The standard InChI is InChI=1S/C14H18ClNO2/c1-10-3-4-11(12(15)9-10)13(17)16-7-5-14(2,18)6-8-16/h3-4,9,18H,5-8H2,1-2H3. The second-order valence-electron chi connectivity index (χ2n) is 5.27. The molecule has 18 heavy (non-hydrogen) atoms. The average molecular weight is 268 g/mol. The van der Waals surface area contributed by atoms with Crippen LogP contribution in [-0.4, -0.2) is 34.6 Å². The Morgan fingerprint density at radius 1 is 1.39 bits per heavy atom. The minimum atomic E-state index is -0.645. The van der Waals surface area contributed by atoms with Crippen molar-refractivity contribution < 1.29 is 9.90 Å². The molecule has 0 radical (unpaired) electrons. The Morgan fingerprint density at radius 2 is 2.00 bits per heavy atom. The van der Waals surface area contributed by atoms with Crippen LogP contribution in [-0.2, 0) is 0 Å². The Hall–Kier alpha value is -1.06. The van der Waals surface area contributed by atoms with Gasteiger partial charge >= 0.3 is 0 Å². The van der Waals surface area contributed by atoms with Crippen LogP contribution >= 0.6 is 11.6 Å². The molecule has 1 aliphatic rings. The number of carbonyl (C=O) groups is 1. The number of amides is 1. The summed E-state index contributed by atoms with van der Waals surface area (Å²) >= 11 is 6.10. The Balaban J connectivity index is 2.13. The van der Waals surface area contributed by atoms with Crippen molar-refractivity contribution in [1.29, 1.82) is 0 Å². The van der Waals surface area contributed by atoms with Gasteiger partial charge in [-0.25, -0.2) is 0 Å². The smallest absolute Gasteiger partial charge is 0.255 e. The van der Waals surface area contributed by atoms with Crippen molar-refractivity contribution in [2.75, 3.05) is 13.1 Å². The number of nitrogens with zero attached hydrogens (tertiary/aromatic N) is 1. The van der Waals surface area contributed by atoms with Gasteiger partial charge in [-0.1, -0.05) is 17.7 Å². The Labute approximate surface area is 112 Å². The first kappa shape index (κ1) is 13.4. The van der Waals surface area contributed by atoms with Crippen molar-refractivity contribution in [2.45, 2.75) is 32.3 Å². The molecular weight excluding hydrogens is 250 g/mol. The summed E-state index contributed by atoms with van der Waals surface area (Å²) in [7, 11) is 0. The molecule has 1 aromatic carbocycles. The molecule has 0 aliphatic carbocycles. The lowest BCUT2D eigenvalue weighted by Gasteiger charge is -2.35. The number of benzene rings is 1. The molecule has 1 aromatic rings. The molecule has 2 rings (SSSR count). The third kappa shape index (κ3) is 2.85. The van der Waals surface area contributed by atoms with Gasteiger partial charge in [0.15, 0.2) is 0 Å². The predicted octanol–water partition coefficient (Wildman–Crippen LogP) is 2.64. The van der Waals surface area contributed by atoms with Gasteiger partial charge in [-0.3, -0.25) is 4.79 Å². The SMILES string of the molecule is Cc1ccc(C(=O)N2CCC(C)(O)CC2)c(Cl)c1. The maximum absolute atomic E-state index is 12.3. The van der Waals surface area contributed by atoms with Crippen molar-refractivity contribution in [3.63, 3.8) is 0 Å². The van der Waals surface area contributed by atoms with Gasteiger partial charge in [0, 0.05) is 13.1 Å². The van der Waals surface area contributed by atoms with E-state index in [4.69, 9.17) is 11.6 Å². The molecule has 1 aliphatic heterocycles. The fraction of sp³-hybridized carbons (Fsp3) is 0.500. The maximum atomic E-state index is 12.3. The lowest BCUT2D eigenvalue weighted by Crippen LogP contribution is -2.45. The highest BCUT2D eigenvalue weighted by Crippen LogP contribution is 2.25. The molecule has 3 nitrogen and oxygen atoms in total. The lowest BCUT2D eigenvalue weighted by atomic mass is 9.93. The molecule has 1 heterocycles. The van der Waals surface area contributed by atoms with Gasteiger partial charge in [0.2, 0.25) is 0 Å². The molecule has 0 unspecified atom stereocenters. The summed E-state index contributed by atoms with van der Waals surface area (Å²) in [6.45, 7) is 4.91. The molecule has 0 atom stereocenters. The highest BCUT2D eigenvalue weighted by atomic mass is 35.5. The number of hydrogen-bond donors (Lipinski definition) is 1. The molecule has 0 aromatic heterocycles. The minimum absolute atomic E-state index is 0.0458. The highest BCUT2D eigenvalue weighted by molar-refractivity contribution is 6.33. The van der Waals surface area contributed by atoms with E-state index in [2.05, 4.69) is 0 Å². The second-order valence-corrected chi connectivity index (χ2v) is 5.68. The van der Waals surface area contributed by atoms with Crippen molar-refractivity contribution >= 4 is 17.5 Å². The summed E-state index contributed by atoms with van der Waals surface area (Å²) in [6, 6.07) is 5.46. The molecule has 0 bridgehead atoms. The van der Waals surface area contributed by atoms with Crippen molar-refractivity contribution in [3.8, 4) is 0 Å². The maximum Gasteiger partial charge on any atom is 0.255 e. The first-order chi connectivity index (χ1) is 8.39. The molecule has 0 saturated carbocycles. The van der Waals surface area contributed by atoms with E-state index in [1.165, 1.54) is 0 Å². The van der Waals surface area contributed by atoms with E-state index in [1.807, 2.05) is 19.9 Å². The summed E-state index contributed by atoms with van der Waals surface area (Å²) in [4.78, 5) is 14.1. The van der Waals surface area contributed by atoms with Crippen LogP contribution in [0.25, 0.3) is 0 Å². The van der Waals surface area contributed by atoms with Crippen LogP contribution in [0.15, 0.2) is 18.2 Å². The minimum Gasteiger partial charge on any atom is -0.390 e. The van der Waals surface area contributed by atoms with Gasteiger partial charge in [0.05, 0.1) is 16.2 Å². The first-order valence-corrected chi connectivity index (χ1v) is 6.55. The highest BCUT2D eigenvalue weighted by Gasteiger charge is 2.30. The predicted molar refractivity (Wildman–Crippen MR) is 72.0 cm³/mol. The third-order valence-electron chi connectivity index (χ3n) is 3.48. The number of likely N-dealkylation sites (tertiary alicyclic amines) is 1. The summed E-state index contributed by atoms with van der Waals surface area (Å²) in [5.41, 5.74) is 0.940. The van der Waals surface area contributed by atoms with Crippen LogP contribution in [0.4, 0.5) is 0 Å². The zero-order valence-corrected chi connectivity index (χ0v) is 11.5. The van der Waals surface area contributed by atoms with Gasteiger partial charge in [-0.15, -0.1) is 0 Å². The summed E-state index contributed by atoms with van der Waals surface area (Å²) in [6.07, 6.45) is 1.23. The Kier molecular flexibility index (Phi) is 3.64. The van der Waals surface area contributed by atoms with Crippen molar-refractivity contribution in [3.05, 3.63) is 34.3 Å². The molecule has 1 N–H and O–H groups in total. The molecule has 98 valence electrons. The largest absolute Gasteiger partial charge is 0.390 e. The molecule has 4 heteroatoms. The van der Waals surface area contributed by atoms with Crippen LogP contribution in [0.3, 0.4) is 0 Å². The fourth-order valence-electron chi connectivity index (χ4n) is 2.16. The van der Waals surface area contributed by atoms with E-state index >= 15 is 0 Å². The van der Waals surface area contributed by atoms with Gasteiger partial charge in [0.25, 0.3) is 5.91 Å². The number of halogens is 1. The van der Waals surface area contributed by atoms with Crippen LogP contribution in [0.1, 0.15) is 35.7 Å². The van der Waals surface area contributed by atoms with Gasteiger partial charge < -0.3 is 10.0 Å². The monoisotopic (exact) mass is 267 g/mol. The van der Waals surface area contributed by atoms with Crippen LogP contribution in [0, 0.1) is 6.92 Å². The van der Waals surface area contributed by atoms with Crippen molar-refractivity contribution in [1.82, 2.24) is 4.90 Å². The molecule has 1 fully saturated rings. The second kappa shape index (κ2) is 4.90. The van der Waals surface area contributed by atoms with Crippen molar-refractivity contribution in [2.24, 2.45) is 0 Å². The van der Waals surface area contributed by atoms with Crippen LogP contribution < -0.4 is 0 Å². The Bertz CT molecular complexity index is 461. The lowest BCUT2D eigenvalue weighted by molar-refractivity contribution is -0.00201. The molecular formula is C14H18ClNO2. The summed E-state index contributed by atoms with van der Waals surface area (Å²) in [5, 5.41) is 10.4. The number of aliphatic hydroxyl groups is 1. The number of aryl methyl sites for hydroxylation is 1. The zero-order chi connectivity index (χ0) is 13.3. The van der Waals surface area contributed by atoms with Gasteiger partial charge in [-0.05, 0) is 44.4 Å². The van der Waals surface area contributed by atoms with E-state index in [0.29, 0.717) is 36.5 Å². The van der Waals surface area contributed by atoms with E-state index in [9.17, 15) is 9.90 Å². The third-order valence-corrected chi connectivity index (χ3v) is 3.80. The van der Waals surface area contributed by atoms with E-state index in [-0.39, 0.29) is 5.91 Å². The number of carbonyl (C=O) groups excluding carboxylic acids is 1. The molecule has 1 amide bonds. The first-order valence-electron chi connectivity index (χ1n) is 6.17. The Morgan fingerprint density at radius 3 is 2.56 bits per heavy atom. The van der Waals surface area contributed by atoms with E-state index < -0.39 is 5.60 Å². The zero-order valence-electron chi connectivity index (χ0n) is 10.7. The van der Waals surface area contributed by atoms with E-state index in [0.717, 1.165) is 5.56 Å². The normalized spacial score (nSPS) is 18.8. The van der Waals surface area contributed by atoms with Gasteiger partial charge in [0.1, 0.15) is 0 Å². The average Bonchev–Trinajstić information content (AvgIpc) is 2.28. The molecule has 1 saturated heterocycles. The summed E-state index contributed by atoms with van der Waals surface area (Å²) in [5.74, 6) is -0.0458. The molecule has 0 spiro atoms. The number of piperidine rings is 1. The quantitative estimate of drug-likeness (QED) is 0.850.